The highest BCUT2D eigenvalue weighted by molar-refractivity contribution is 4.93. The monoisotopic (exact) mass is 260 g/mol. The van der Waals surface area contributed by atoms with E-state index in [2.05, 4.69) is 0 Å². The van der Waals surface area contributed by atoms with Gasteiger partial charge in [0.15, 0.2) is 0 Å². The topological polar surface area (TPSA) is 0 Å². The fraction of sp³-hybridized carbons (Fsp3) is 1.00. The van der Waals surface area contributed by atoms with Crippen LogP contribution in [0.2, 0.25) is 0 Å². The molecule has 0 bridgehead atoms. The van der Waals surface area contributed by atoms with Gasteiger partial charge in [-0.15, -0.1) is 0 Å². The lowest BCUT2D eigenvalue weighted by Crippen LogP contribution is -2.24. The van der Waals surface area contributed by atoms with Crippen molar-refractivity contribution in [2.24, 2.45) is 35.5 Å². The van der Waals surface area contributed by atoms with E-state index in [1.807, 2.05) is 0 Å². The Morgan fingerprint density at radius 2 is 0.947 bits per heavy atom. The van der Waals surface area contributed by atoms with Gasteiger partial charge in [-0.1, -0.05) is 38.5 Å². The molecule has 0 nitrogen and oxygen atoms in total. The van der Waals surface area contributed by atoms with E-state index >= 15 is 0 Å². The van der Waals surface area contributed by atoms with Crippen LogP contribution < -0.4 is 0 Å². The number of rotatable bonds is 2. The van der Waals surface area contributed by atoms with Crippen molar-refractivity contribution >= 4 is 0 Å². The van der Waals surface area contributed by atoms with Crippen LogP contribution in [0.1, 0.15) is 83.5 Å². The summed E-state index contributed by atoms with van der Waals surface area (Å²) in [5.41, 5.74) is 0. The Bertz CT molecular complexity index is 277. The molecule has 108 valence electrons. The molecule has 0 aliphatic heterocycles. The maximum absolute atomic E-state index is 1.64. The van der Waals surface area contributed by atoms with Crippen molar-refractivity contribution in [2.45, 2.75) is 83.5 Å². The molecule has 4 saturated carbocycles. The lowest BCUT2D eigenvalue weighted by molar-refractivity contribution is 0.164. The van der Waals surface area contributed by atoms with Gasteiger partial charge >= 0.3 is 0 Å². The molecule has 0 heterocycles. The molecule has 4 rings (SSSR count). The van der Waals surface area contributed by atoms with Crippen LogP contribution in [0.3, 0.4) is 0 Å². The molecule has 4 aliphatic carbocycles. The summed E-state index contributed by atoms with van der Waals surface area (Å²) in [6.07, 6.45) is 20.6. The minimum Gasteiger partial charge on any atom is -0.0530 e. The van der Waals surface area contributed by atoms with E-state index in [0.29, 0.717) is 0 Å². The van der Waals surface area contributed by atoms with Crippen LogP contribution in [0, 0.1) is 35.5 Å². The highest BCUT2D eigenvalue weighted by atomic mass is 14.5. The molecule has 19 heavy (non-hydrogen) atoms. The van der Waals surface area contributed by atoms with Crippen molar-refractivity contribution in [3.63, 3.8) is 0 Å². The summed E-state index contributed by atoms with van der Waals surface area (Å²) in [7, 11) is 0. The zero-order chi connectivity index (χ0) is 12.7. The summed E-state index contributed by atoms with van der Waals surface area (Å²) in [6, 6.07) is 0. The van der Waals surface area contributed by atoms with Crippen LogP contribution in [0.4, 0.5) is 0 Å². The van der Waals surface area contributed by atoms with Gasteiger partial charge in [0, 0.05) is 0 Å². The Morgan fingerprint density at radius 1 is 0.474 bits per heavy atom. The van der Waals surface area contributed by atoms with Gasteiger partial charge in [-0.2, -0.15) is 0 Å². The van der Waals surface area contributed by atoms with E-state index in [-0.39, 0.29) is 0 Å². The molecule has 0 aromatic carbocycles. The third-order valence-corrected chi connectivity index (χ3v) is 7.57. The maximum Gasteiger partial charge on any atom is -0.0357 e. The Hall–Kier alpha value is 0. The van der Waals surface area contributed by atoms with Crippen molar-refractivity contribution in [3.05, 3.63) is 0 Å². The highest BCUT2D eigenvalue weighted by Crippen LogP contribution is 2.53. The van der Waals surface area contributed by atoms with Crippen molar-refractivity contribution in [2.75, 3.05) is 0 Å². The van der Waals surface area contributed by atoms with Gasteiger partial charge < -0.3 is 0 Å². The predicted octanol–water partition coefficient (Wildman–Crippen LogP) is 5.81. The average molecular weight is 260 g/mol. The zero-order valence-corrected chi connectivity index (χ0v) is 12.7. The first-order chi connectivity index (χ1) is 9.42. The predicted molar refractivity (Wildman–Crippen MR) is 81.0 cm³/mol. The molecule has 4 fully saturated rings. The molecule has 0 spiro atoms. The number of hydrogen-bond donors (Lipinski definition) is 0. The third-order valence-electron chi connectivity index (χ3n) is 7.57. The first kappa shape index (κ1) is 12.7. The van der Waals surface area contributed by atoms with E-state index in [4.69, 9.17) is 0 Å². The first-order valence-electron chi connectivity index (χ1n) is 9.42. The lowest BCUT2D eigenvalue weighted by atomic mass is 9.72. The average Bonchev–Trinajstić information content (AvgIpc) is 3.05. The van der Waals surface area contributed by atoms with Crippen molar-refractivity contribution < 1.29 is 0 Å². The highest BCUT2D eigenvalue weighted by Gasteiger charge is 2.42. The van der Waals surface area contributed by atoms with Crippen LogP contribution in [0.25, 0.3) is 0 Å². The van der Waals surface area contributed by atoms with E-state index < -0.39 is 0 Å². The number of fused-ring (bicyclic) bond motifs is 2. The van der Waals surface area contributed by atoms with Crippen LogP contribution in [0.15, 0.2) is 0 Å². The van der Waals surface area contributed by atoms with E-state index in [9.17, 15) is 0 Å². The van der Waals surface area contributed by atoms with Gasteiger partial charge in [-0.3, -0.25) is 0 Å². The van der Waals surface area contributed by atoms with Gasteiger partial charge in [-0.05, 0) is 80.5 Å². The third kappa shape index (κ3) is 2.38. The summed E-state index contributed by atoms with van der Waals surface area (Å²) in [5.74, 6) is 6.93. The smallest absolute Gasteiger partial charge is 0.0357 e. The van der Waals surface area contributed by atoms with Crippen molar-refractivity contribution in [1.29, 1.82) is 0 Å². The lowest BCUT2D eigenvalue weighted by Gasteiger charge is -2.34. The Morgan fingerprint density at radius 3 is 1.47 bits per heavy atom. The molecule has 6 atom stereocenters. The van der Waals surface area contributed by atoms with Crippen LogP contribution in [-0.4, -0.2) is 0 Å². The van der Waals surface area contributed by atoms with Gasteiger partial charge in [0.1, 0.15) is 0 Å². The molecule has 0 heteroatoms. The standard InChI is InChI=1S/C19H32/c1-3-7-18-14(5-1)9-11-16(18)13-17-12-10-15-6-2-4-8-19(15)17/h14-19H,1-13H2. The fourth-order valence-electron chi connectivity index (χ4n) is 6.69. The largest absolute Gasteiger partial charge is 0.0530 e. The van der Waals surface area contributed by atoms with E-state index in [1.165, 1.54) is 0 Å². The van der Waals surface area contributed by atoms with Crippen molar-refractivity contribution in [3.8, 4) is 0 Å². The molecule has 4 aliphatic rings. The normalized spacial score (nSPS) is 49.9. The first-order valence-corrected chi connectivity index (χ1v) is 9.42. The second-order valence-electron chi connectivity index (χ2n) is 8.33. The van der Waals surface area contributed by atoms with Gasteiger partial charge in [0.2, 0.25) is 0 Å². The molecule has 0 aromatic heterocycles. The summed E-state index contributed by atoms with van der Waals surface area (Å²) in [4.78, 5) is 0. The minimum absolute atomic E-state index is 1.15. The summed E-state index contributed by atoms with van der Waals surface area (Å²) >= 11 is 0. The van der Waals surface area contributed by atoms with Crippen LogP contribution >= 0.6 is 0 Å². The summed E-state index contributed by atoms with van der Waals surface area (Å²) in [6.45, 7) is 0. The van der Waals surface area contributed by atoms with E-state index in [1.54, 1.807) is 83.5 Å². The second kappa shape index (κ2) is 5.41. The molecule has 6 unspecified atom stereocenters. The van der Waals surface area contributed by atoms with Gasteiger partial charge in [0.25, 0.3) is 0 Å². The second-order valence-corrected chi connectivity index (χ2v) is 8.33. The Kier molecular flexibility index (Phi) is 3.62. The molecule has 0 radical (unpaired) electrons. The van der Waals surface area contributed by atoms with Crippen LogP contribution in [0.5, 0.6) is 0 Å². The number of hydrogen-bond acceptors (Lipinski definition) is 0. The zero-order valence-electron chi connectivity index (χ0n) is 12.7. The van der Waals surface area contributed by atoms with Crippen LogP contribution in [-0.2, 0) is 0 Å². The molecule has 0 amide bonds. The SMILES string of the molecule is C1CCC2C(C1)CCC2CC1CCC2CCCCC21. The molecule has 0 saturated heterocycles. The quantitative estimate of drug-likeness (QED) is 0.588. The minimum atomic E-state index is 1.15. The maximum atomic E-state index is 1.64. The molecular formula is C19H32. The fourth-order valence-corrected chi connectivity index (χ4v) is 6.69. The summed E-state index contributed by atoms with van der Waals surface area (Å²) < 4.78 is 0. The van der Waals surface area contributed by atoms with Gasteiger partial charge in [0.05, 0.1) is 0 Å². The van der Waals surface area contributed by atoms with Gasteiger partial charge in [-0.25, -0.2) is 0 Å². The summed E-state index contributed by atoms with van der Waals surface area (Å²) in [5, 5.41) is 0. The molecular weight excluding hydrogens is 228 g/mol. The molecule has 0 N–H and O–H groups in total. The molecule has 0 aromatic rings. The Balaban J connectivity index is 1.38. The van der Waals surface area contributed by atoms with E-state index in [0.717, 1.165) is 35.5 Å². The Labute approximate surface area is 119 Å². The van der Waals surface area contributed by atoms with Crippen molar-refractivity contribution in [1.82, 2.24) is 0 Å².